The molecule has 1 atom stereocenters. The smallest absolute Gasteiger partial charge is 0.339 e. The summed E-state index contributed by atoms with van der Waals surface area (Å²) in [6.45, 7) is 8.71. The highest BCUT2D eigenvalue weighted by Crippen LogP contribution is 2.42. The van der Waals surface area contributed by atoms with Crippen LogP contribution in [-0.4, -0.2) is 27.7 Å². The number of carbonyl (C=O) groups is 1. The third kappa shape index (κ3) is 3.15. The number of aromatic carboxylic acids is 1. The Balaban J connectivity index is 2.41. The SMILES string of the molecule is CCOC(c1ncc(C(=O)O)c(C2CC2)n1)C(C)(C)C. The molecule has 0 aliphatic heterocycles. The summed E-state index contributed by atoms with van der Waals surface area (Å²) in [5, 5.41) is 9.22. The van der Waals surface area contributed by atoms with E-state index in [1.54, 1.807) is 0 Å². The first-order chi connectivity index (χ1) is 9.34. The molecule has 2 rings (SSSR count). The summed E-state index contributed by atoms with van der Waals surface area (Å²) in [5.41, 5.74) is 0.749. The fraction of sp³-hybridized carbons (Fsp3) is 0.667. The van der Waals surface area contributed by atoms with E-state index in [-0.39, 0.29) is 23.0 Å². The van der Waals surface area contributed by atoms with Crippen LogP contribution >= 0.6 is 0 Å². The standard InChI is InChI=1S/C15H22N2O3/c1-5-20-12(15(2,3)4)13-16-8-10(14(18)19)11(17-13)9-6-7-9/h8-9,12H,5-7H2,1-4H3,(H,18,19). The van der Waals surface area contributed by atoms with E-state index in [2.05, 4.69) is 30.7 Å². The monoisotopic (exact) mass is 278 g/mol. The normalized spacial score (nSPS) is 17.0. The number of nitrogens with zero attached hydrogens (tertiary/aromatic N) is 2. The van der Waals surface area contributed by atoms with Crippen LogP contribution in [0.5, 0.6) is 0 Å². The molecule has 1 aliphatic rings. The first-order valence-corrected chi connectivity index (χ1v) is 7.06. The van der Waals surface area contributed by atoms with Gasteiger partial charge in [-0.05, 0) is 25.2 Å². The van der Waals surface area contributed by atoms with Crippen LogP contribution in [0.4, 0.5) is 0 Å². The number of carboxylic acids is 1. The first kappa shape index (κ1) is 14.9. The lowest BCUT2D eigenvalue weighted by atomic mass is 9.88. The lowest BCUT2D eigenvalue weighted by Crippen LogP contribution is -2.24. The third-order valence-electron chi connectivity index (χ3n) is 3.39. The second-order valence-corrected chi connectivity index (χ2v) is 6.31. The Morgan fingerprint density at radius 1 is 1.50 bits per heavy atom. The van der Waals surface area contributed by atoms with Gasteiger partial charge in [-0.1, -0.05) is 20.8 Å². The molecule has 1 N–H and O–H groups in total. The zero-order valence-electron chi connectivity index (χ0n) is 12.5. The van der Waals surface area contributed by atoms with Gasteiger partial charge >= 0.3 is 5.97 Å². The number of aromatic nitrogens is 2. The summed E-state index contributed by atoms with van der Waals surface area (Å²) in [6.07, 6.45) is 3.21. The summed E-state index contributed by atoms with van der Waals surface area (Å²) in [5.74, 6) is -0.0986. The molecule has 0 aromatic carbocycles. The molecule has 0 radical (unpaired) electrons. The Bertz CT molecular complexity index is 504. The highest BCUT2D eigenvalue weighted by Gasteiger charge is 2.34. The zero-order valence-corrected chi connectivity index (χ0v) is 12.5. The predicted molar refractivity (Wildman–Crippen MR) is 74.8 cm³/mol. The predicted octanol–water partition coefficient (Wildman–Crippen LogP) is 3.18. The number of ether oxygens (including phenoxy) is 1. The fourth-order valence-electron chi connectivity index (χ4n) is 2.25. The second-order valence-electron chi connectivity index (χ2n) is 6.31. The molecule has 1 aromatic heterocycles. The Kier molecular flexibility index (Phi) is 4.09. The molecule has 0 bridgehead atoms. The molecule has 1 aliphatic carbocycles. The summed E-state index contributed by atoms with van der Waals surface area (Å²) in [6, 6.07) is 0. The van der Waals surface area contributed by atoms with E-state index in [4.69, 9.17) is 4.74 Å². The number of hydrogen-bond donors (Lipinski definition) is 1. The Hall–Kier alpha value is -1.49. The molecule has 110 valence electrons. The van der Waals surface area contributed by atoms with Gasteiger partial charge in [0, 0.05) is 18.7 Å². The maximum absolute atomic E-state index is 11.2. The van der Waals surface area contributed by atoms with Crippen LogP contribution in [0.2, 0.25) is 0 Å². The van der Waals surface area contributed by atoms with Crippen molar-refractivity contribution in [1.82, 2.24) is 9.97 Å². The van der Waals surface area contributed by atoms with Gasteiger partial charge in [-0.25, -0.2) is 14.8 Å². The van der Waals surface area contributed by atoms with E-state index in [0.29, 0.717) is 18.1 Å². The minimum atomic E-state index is -0.956. The van der Waals surface area contributed by atoms with E-state index in [9.17, 15) is 9.90 Å². The van der Waals surface area contributed by atoms with Gasteiger partial charge in [0.1, 0.15) is 6.10 Å². The molecule has 1 saturated carbocycles. The van der Waals surface area contributed by atoms with Crippen molar-refractivity contribution in [3.63, 3.8) is 0 Å². The van der Waals surface area contributed by atoms with E-state index < -0.39 is 5.97 Å². The Morgan fingerprint density at radius 2 is 2.15 bits per heavy atom. The topological polar surface area (TPSA) is 72.3 Å². The molecule has 0 spiro atoms. The van der Waals surface area contributed by atoms with Crippen molar-refractivity contribution in [3.05, 3.63) is 23.3 Å². The largest absolute Gasteiger partial charge is 0.478 e. The minimum absolute atomic E-state index is 0.137. The number of carboxylic acid groups (broad SMARTS) is 1. The van der Waals surface area contributed by atoms with Crippen molar-refractivity contribution in [2.45, 2.75) is 52.6 Å². The summed E-state index contributed by atoms with van der Waals surface area (Å²) in [4.78, 5) is 20.0. The van der Waals surface area contributed by atoms with Gasteiger partial charge in [-0.15, -0.1) is 0 Å². The van der Waals surface area contributed by atoms with Gasteiger partial charge in [0.05, 0.1) is 11.3 Å². The molecule has 0 saturated heterocycles. The van der Waals surface area contributed by atoms with E-state index in [1.165, 1.54) is 6.20 Å². The van der Waals surface area contributed by atoms with Crippen LogP contribution in [0.1, 0.15) is 74.4 Å². The van der Waals surface area contributed by atoms with Crippen LogP contribution in [0.25, 0.3) is 0 Å². The Morgan fingerprint density at radius 3 is 2.60 bits per heavy atom. The van der Waals surface area contributed by atoms with Gasteiger partial charge in [0.2, 0.25) is 0 Å². The molecule has 0 amide bonds. The summed E-state index contributed by atoms with van der Waals surface area (Å²) in [7, 11) is 0. The van der Waals surface area contributed by atoms with Crippen molar-refractivity contribution >= 4 is 5.97 Å². The lowest BCUT2D eigenvalue weighted by Gasteiger charge is -2.29. The summed E-state index contributed by atoms with van der Waals surface area (Å²) >= 11 is 0. The molecule has 5 nitrogen and oxygen atoms in total. The molecule has 20 heavy (non-hydrogen) atoms. The molecule has 1 heterocycles. The number of hydrogen-bond acceptors (Lipinski definition) is 4. The van der Waals surface area contributed by atoms with Crippen LogP contribution in [0.15, 0.2) is 6.20 Å². The molecular weight excluding hydrogens is 256 g/mol. The van der Waals surface area contributed by atoms with Gasteiger partial charge in [-0.2, -0.15) is 0 Å². The lowest BCUT2D eigenvalue weighted by molar-refractivity contribution is -0.0193. The highest BCUT2D eigenvalue weighted by atomic mass is 16.5. The third-order valence-corrected chi connectivity index (χ3v) is 3.39. The summed E-state index contributed by atoms with van der Waals surface area (Å²) < 4.78 is 5.78. The van der Waals surface area contributed by atoms with Gasteiger partial charge in [-0.3, -0.25) is 0 Å². The zero-order chi connectivity index (χ0) is 14.9. The van der Waals surface area contributed by atoms with E-state index >= 15 is 0 Å². The highest BCUT2D eigenvalue weighted by molar-refractivity contribution is 5.88. The molecule has 1 fully saturated rings. The van der Waals surface area contributed by atoms with Crippen molar-refractivity contribution in [3.8, 4) is 0 Å². The van der Waals surface area contributed by atoms with Gasteiger partial charge in [0.15, 0.2) is 5.82 Å². The van der Waals surface area contributed by atoms with Gasteiger partial charge in [0.25, 0.3) is 0 Å². The molecular formula is C15H22N2O3. The fourth-order valence-corrected chi connectivity index (χ4v) is 2.25. The minimum Gasteiger partial charge on any atom is -0.478 e. The van der Waals surface area contributed by atoms with Crippen molar-refractivity contribution in [2.75, 3.05) is 6.61 Å². The van der Waals surface area contributed by atoms with E-state index in [0.717, 1.165) is 12.8 Å². The van der Waals surface area contributed by atoms with E-state index in [1.807, 2.05) is 6.92 Å². The first-order valence-electron chi connectivity index (χ1n) is 7.06. The molecule has 5 heteroatoms. The van der Waals surface area contributed by atoms with Gasteiger partial charge < -0.3 is 9.84 Å². The molecule has 1 aromatic rings. The second kappa shape index (κ2) is 5.48. The van der Waals surface area contributed by atoms with Crippen molar-refractivity contribution in [1.29, 1.82) is 0 Å². The number of rotatable bonds is 5. The average Bonchev–Trinajstić information content (AvgIpc) is 3.17. The maximum Gasteiger partial charge on any atom is 0.339 e. The molecule has 1 unspecified atom stereocenters. The van der Waals surface area contributed by atoms with Crippen LogP contribution in [0, 0.1) is 5.41 Å². The maximum atomic E-state index is 11.2. The van der Waals surface area contributed by atoms with Crippen molar-refractivity contribution in [2.24, 2.45) is 5.41 Å². The van der Waals surface area contributed by atoms with Crippen molar-refractivity contribution < 1.29 is 14.6 Å². The van der Waals surface area contributed by atoms with Crippen LogP contribution < -0.4 is 0 Å². The van der Waals surface area contributed by atoms with Crippen LogP contribution in [-0.2, 0) is 4.74 Å². The Labute approximate surface area is 119 Å². The quantitative estimate of drug-likeness (QED) is 0.895. The van der Waals surface area contributed by atoms with Crippen LogP contribution in [0.3, 0.4) is 0 Å². The average molecular weight is 278 g/mol.